The molecule has 0 radical (unpaired) electrons. The Kier molecular flexibility index (Phi) is 17.6. The van der Waals surface area contributed by atoms with E-state index < -0.39 is 0 Å². The molecular formula is C15H32O6. The van der Waals surface area contributed by atoms with Crippen molar-refractivity contribution >= 4 is 0 Å². The van der Waals surface area contributed by atoms with Gasteiger partial charge in [-0.1, -0.05) is 13.3 Å². The summed E-state index contributed by atoms with van der Waals surface area (Å²) in [5.41, 5.74) is 0. The summed E-state index contributed by atoms with van der Waals surface area (Å²) >= 11 is 0. The second-order valence-corrected chi connectivity index (χ2v) is 4.67. The van der Waals surface area contributed by atoms with Crippen LogP contribution in [0.4, 0.5) is 0 Å². The number of unbranched alkanes of at least 4 members (excludes halogenated alkanes) is 1. The molecule has 0 saturated carbocycles. The lowest BCUT2D eigenvalue weighted by Gasteiger charge is -2.13. The molecule has 0 aromatic rings. The van der Waals surface area contributed by atoms with Gasteiger partial charge in [-0.05, 0) is 13.3 Å². The van der Waals surface area contributed by atoms with Gasteiger partial charge in [0.2, 0.25) is 0 Å². The van der Waals surface area contributed by atoms with Crippen LogP contribution in [0.3, 0.4) is 0 Å². The SMILES string of the molecule is CCCCOCC(C)OCCOCCOCCOCCO. The third-order valence-corrected chi connectivity index (χ3v) is 2.60. The van der Waals surface area contributed by atoms with Crippen LogP contribution in [-0.4, -0.2) is 77.3 Å². The largest absolute Gasteiger partial charge is 0.394 e. The van der Waals surface area contributed by atoms with Crippen molar-refractivity contribution in [3.63, 3.8) is 0 Å². The average Bonchev–Trinajstić information content (AvgIpc) is 2.49. The molecule has 1 N–H and O–H groups in total. The van der Waals surface area contributed by atoms with Crippen molar-refractivity contribution in [2.75, 3.05) is 66.1 Å². The van der Waals surface area contributed by atoms with Gasteiger partial charge in [0.25, 0.3) is 0 Å². The summed E-state index contributed by atoms with van der Waals surface area (Å²) in [6, 6.07) is 0. The van der Waals surface area contributed by atoms with E-state index in [2.05, 4.69) is 6.92 Å². The van der Waals surface area contributed by atoms with Gasteiger partial charge in [0.05, 0.1) is 65.6 Å². The van der Waals surface area contributed by atoms with Gasteiger partial charge in [0.1, 0.15) is 0 Å². The fraction of sp³-hybridized carbons (Fsp3) is 1.00. The number of hydrogen-bond acceptors (Lipinski definition) is 6. The number of ether oxygens (including phenoxy) is 5. The highest BCUT2D eigenvalue weighted by atomic mass is 16.6. The van der Waals surface area contributed by atoms with E-state index in [4.69, 9.17) is 28.8 Å². The minimum atomic E-state index is 0.0468. The molecule has 1 unspecified atom stereocenters. The first-order valence-corrected chi connectivity index (χ1v) is 7.84. The summed E-state index contributed by atoms with van der Waals surface area (Å²) in [6.07, 6.45) is 2.35. The highest BCUT2D eigenvalue weighted by molar-refractivity contribution is 4.47. The van der Waals surface area contributed by atoms with Crippen molar-refractivity contribution in [1.29, 1.82) is 0 Å². The van der Waals surface area contributed by atoms with Crippen LogP contribution < -0.4 is 0 Å². The van der Waals surface area contributed by atoms with E-state index in [-0.39, 0.29) is 12.7 Å². The summed E-state index contributed by atoms with van der Waals surface area (Å²) in [7, 11) is 0. The molecular weight excluding hydrogens is 276 g/mol. The Balaban J connectivity index is 3.07. The maximum Gasteiger partial charge on any atom is 0.0781 e. The molecule has 0 amide bonds. The molecule has 0 aliphatic heterocycles. The average molecular weight is 308 g/mol. The van der Waals surface area contributed by atoms with Gasteiger partial charge in [-0.25, -0.2) is 0 Å². The van der Waals surface area contributed by atoms with E-state index >= 15 is 0 Å². The van der Waals surface area contributed by atoms with Crippen molar-refractivity contribution in [2.24, 2.45) is 0 Å². The smallest absolute Gasteiger partial charge is 0.0781 e. The van der Waals surface area contributed by atoms with Crippen LogP contribution in [0, 0.1) is 0 Å². The van der Waals surface area contributed by atoms with Gasteiger partial charge in [0.15, 0.2) is 0 Å². The molecule has 0 aliphatic carbocycles. The predicted octanol–water partition coefficient (Wildman–Crippen LogP) is 1.25. The summed E-state index contributed by atoms with van der Waals surface area (Å²) in [6.45, 7) is 9.23. The molecule has 1 atom stereocenters. The molecule has 0 fully saturated rings. The lowest BCUT2D eigenvalue weighted by molar-refractivity contribution is -0.0398. The second kappa shape index (κ2) is 17.8. The summed E-state index contributed by atoms with van der Waals surface area (Å²) in [5.74, 6) is 0. The molecule has 0 saturated heterocycles. The first-order valence-electron chi connectivity index (χ1n) is 7.84. The fourth-order valence-electron chi connectivity index (χ4n) is 1.46. The van der Waals surface area contributed by atoms with E-state index in [1.807, 2.05) is 6.92 Å². The second-order valence-electron chi connectivity index (χ2n) is 4.67. The third-order valence-electron chi connectivity index (χ3n) is 2.60. The zero-order valence-electron chi connectivity index (χ0n) is 13.6. The van der Waals surface area contributed by atoms with Crippen molar-refractivity contribution in [3.8, 4) is 0 Å². The van der Waals surface area contributed by atoms with E-state index in [1.54, 1.807) is 0 Å². The third kappa shape index (κ3) is 17.7. The molecule has 0 heterocycles. The Bertz CT molecular complexity index is 191. The minimum absolute atomic E-state index is 0.0468. The molecule has 6 nitrogen and oxygen atoms in total. The van der Waals surface area contributed by atoms with Gasteiger partial charge in [-0.2, -0.15) is 0 Å². The molecule has 0 aliphatic rings. The molecule has 128 valence electrons. The topological polar surface area (TPSA) is 66.4 Å². The fourth-order valence-corrected chi connectivity index (χ4v) is 1.46. The summed E-state index contributed by atoms with van der Waals surface area (Å²) in [5, 5.41) is 8.49. The first-order chi connectivity index (χ1) is 10.3. The van der Waals surface area contributed by atoms with Gasteiger partial charge >= 0.3 is 0 Å². The van der Waals surface area contributed by atoms with Gasteiger partial charge in [-0.15, -0.1) is 0 Å². The molecule has 0 spiro atoms. The highest BCUT2D eigenvalue weighted by Gasteiger charge is 2.01. The number of aliphatic hydroxyl groups excluding tert-OH is 1. The Morgan fingerprint density at radius 1 is 0.762 bits per heavy atom. The van der Waals surface area contributed by atoms with Crippen molar-refractivity contribution in [2.45, 2.75) is 32.8 Å². The highest BCUT2D eigenvalue weighted by Crippen LogP contribution is 1.95. The standard InChI is InChI=1S/C15H32O6/c1-3-4-6-20-14-15(2)21-13-12-19-11-10-18-9-8-17-7-5-16/h15-16H,3-14H2,1-2H3. The number of hydrogen-bond donors (Lipinski definition) is 1. The summed E-state index contributed by atoms with van der Waals surface area (Å²) < 4.78 is 26.8. The maximum atomic E-state index is 8.49. The van der Waals surface area contributed by atoms with Crippen molar-refractivity contribution < 1.29 is 28.8 Å². The van der Waals surface area contributed by atoms with Crippen molar-refractivity contribution in [3.05, 3.63) is 0 Å². The van der Waals surface area contributed by atoms with Crippen LogP contribution >= 0.6 is 0 Å². The Hall–Kier alpha value is -0.240. The zero-order valence-corrected chi connectivity index (χ0v) is 13.6. The molecule has 0 bridgehead atoms. The summed E-state index contributed by atoms with van der Waals surface area (Å²) in [4.78, 5) is 0. The van der Waals surface area contributed by atoms with Gasteiger partial charge in [0, 0.05) is 6.61 Å². The van der Waals surface area contributed by atoms with E-state index in [0.717, 1.165) is 19.4 Å². The van der Waals surface area contributed by atoms with Crippen LogP contribution in [0.5, 0.6) is 0 Å². The minimum Gasteiger partial charge on any atom is -0.394 e. The Morgan fingerprint density at radius 3 is 1.90 bits per heavy atom. The van der Waals surface area contributed by atoms with E-state index in [1.165, 1.54) is 0 Å². The molecule has 21 heavy (non-hydrogen) atoms. The lowest BCUT2D eigenvalue weighted by Crippen LogP contribution is -2.19. The normalized spacial score (nSPS) is 12.7. The molecule has 6 heteroatoms. The van der Waals surface area contributed by atoms with Gasteiger partial charge < -0.3 is 28.8 Å². The zero-order chi connectivity index (χ0) is 15.6. The van der Waals surface area contributed by atoms with Crippen LogP contribution in [0.25, 0.3) is 0 Å². The van der Waals surface area contributed by atoms with Crippen LogP contribution in [0.1, 0.15) is 26.7 Å². The molecule has 0 aromatic carbocycles. The van der Waals surface area contributed by atoms with Crippen LogP contribution in [-0.2, 0) is 23.7 Å². The van der Waals surface area contributed by atoms with Crippen molar-refractivity contribution in [1.82, 2.24) is 0 Å². The first kappa shape index (κ1) is 20.8. The quantitative estimate of drug-likeness (QED) is 0.408. The van der Waals surface area contributed by atoms with Crippen LogP contribution in [0.15, 0.2) is 0 Å². The Morgan fingerprint density at radius 2 is 1.33 bits per heavy atom. The van der Waals surface area contributed by atoms with Crippen LogP contribution in [0.2, 0.25) is 0 Å². The van der Waals surface area contributed by atoms with Gasteiger partial charge in [-0.3, -0.25) is 0 Å². The monoisotopic (exact) mass is 308 g/mol. The lowest BCUT2D eigenvalue weighted by atomic mass is 10.3. The molecule has 0 rings (SSSR count). The van der Waals surface area contributed by atoms with E-state index in [0.29, 0.717) is 52.9 Å². The molecule has 0 aromatic heterocycles. The Labute approximate surface area is 128 Å². The number of rotatable bonds is 17. The van der Waals surface area contributed by atoms with E-state index in [9.17, 15) is 0 Å². The number of aliphatic hydroxyl groups is 1. The maximum absolute atomic E-state index is 8.49. The predicted molar refractivity (Wildman–Crippen MR) is 80.7 cm³/mol.